The average molecular weight is 347 g/mol. The molecule has 1 aromatic rings. The minimum atomic E-state index is -0.527. The Hall–Kier alpha value is -2.08. The van der Waals surface area contributed by atoms with Gasteiger partial charge in [-0.3, -0.25) is 9.59 Å². The molecular weight excluding hydrogens is 318 g/mol. The third-order valence-corrected chi connectivity index (χ3v) is 4.59. The normalized spacial score (nSPS) is 16.3. The van der Waals surface area contributed by atoms with Crippen LogP contribution in [0.25, 0.3) is 0 Å². The molecule has 2 rings (SSSR count). The van der Waals surface area contributed by atoms with Gasteiger partial charge in [-0.05, 0) is 57.8 Å². The zero-order valence-electron chi connectivity index (χ0n) is 15.2. The fraction of sp³-hybridized carbons (Fsp3) is 0.579. The van der Waals surface area contributed by atoms with Crippen LogP contribution in [0.2, 0.25) is 0 Å². The summed E-state index contributed by atoms with van der Waals surface area (Å²) in [6.45, 7) is 4.21. The molecule has 25 heavy (non-hydrogen) atoms. The lowest BCUT2D eigenvalue weighted by molar-refractivity contribution is -0.137. The maximum atomic E-state index is 12.5. The molecular formula is C19H29N3O3. The van der Waals surface area contributed by atoms with Gasteiger partial charge in [-0.2, -0.15) is 0 Å². The fourth-order valence-corrected chi connectivity index (χ4v) is 3.07. The van der Waals surface area contributed by atoms with Gasteiger partial charge in [0.05, 0.1) is 0 Å². The second-order valence-electron chi connectivity index (χ2n) is 6.55. The third-order valence-electron chi connectivity index (χ3n) is 4.59. The first-order chi connectivity index (χ1) is 12.1. The standard InChI is InChI=1S/C19H29N3O3/c1-15(21-18(23)14-25-17-6-4-3-5-7-17)19(24)22-12-9-16(10-13-22)8-11-20-2/h3-7,15-16,20H,8-14H2,1-2H3,(H,21,23). The van der Waals surface area contributed by atoms with Gasteiger partial charge in [-0.25, -0.2) is 0 Å². The predicted octanol–water partition coefficient (Wildman–Crippen LogP) is 1.42. The summed E-state index contributed by atoms with van der Waals surface area (Å²) < 4.78 is 5.40. The van der Waals surface area contributed by atoms with Crippen molar-refractivity contribution < 1.29 is 14.3 Å². The molecule has 1 aliphatic rings. The van der Waals surface area contributed by atoms with Crippen molar-refractivity contribution in [2.45, 2.75) is 32.2 Å². The van der Waals surface area contributed by atoms with Crippen molar-refractivity contribution in [3.05, 3.63) is 30.3 Å². The van der Waals surface area contributed by atoms with Crippen molar-refractivity contribution in [2.24, 2.45) is 5.92 Å². The minimum absolute atomic E-state index is 0.0138. The molecule has 1 aliphatic heterocycles. The highest BCUT2D eigenvalue weighted by molar-refractivity contribution is 5.87. The van der Waals surface area contributed by atoms with Crippen LogP contribution in [0.15, 0.2) is 30.3 Å². The molecule has 1 aromatic carbocycles. The number of amides is 2. The SMILES string of the molecule is CNCCC1CCN(C(=O)C(C)NC(=O)COc2ccccc2)CC1. The van der Waals surface area contributed by atoms with Crippen LogP contribution in [0, 0.1) is 5.92 Å². The smallest absolute Gasteiger partial charge is 0.258 e. The summed E-state index contributed by atoms with van der Waals surface area (Å²) >= 11 is 0. The van der Waals surface area contributed by atoms with Crippen LogP contribution in [0.5, 0.6) is 5.75 Å². The molecule has 0 saturated carbocycles. The lowest BCUT2D eigenvalue weighted by Crippen LogP contribution is -2.50. The second kappa shape index (κ2) is 10.0. The van der Waals surface area contributed by atoms with Crippen molar-refractivity contribution in [1.29, 1.82) is 0 Å². The molecule has 0 aromatic heterocycles. The Morgan fingerprint density at radius 3 is 2.56 bits per heavy atom. The Labute approximate surface area is 149 Å². The number of para-hydroxylation sites is 1. The number of benzene rings is 1. The molecule has 1 atom stereocenters. The zero-order valence-corrected chi connectivity index (χ0v) is 15.2. The Kier molecular flexibility index (Phi) is 7.73. The van der Waals surface area contributed by atoms with Gasteiger partial charge in [0, 0.05) is 13.1 Å². The number of hydrogen-bond donors (Lipinski definition) is 2. The van der Waals surface area contributed by atoms with Gasteiger partial charge < -0.3 is 20.3 Å². The number of nitrogens with one attached hydrogen (secondary N) is 2. The van der Waals surface area contributed by atoms with Crippen molar-refractivity contribution in [3.63, 3.8) is 0 Å². The molecule has 2 amide bonds. The number of rotatable bonds is 8. The Balaban J connectivity index is 1.70. The molecule has 138 valence electrons. The number of nitrogens with zero attached hydrogens (tertiary/aromatic N) is 1. The highest BCUT2D eigenvalue weighted by atomic mass is 16.5. The Bertz CT molecular complexity index is 542. The summed E-state index contributed by atoms with van der Waals surface area (Å²) in [5.41, 5.74) is 0. The van der Waals surface area contributed by atoms with Crippen LogP contribution in [-0.2, 0) is 9.59 Å². The summed E-state index contributed by atoms with van der Waals surface area (Å²) in [6, 6.07) is 8.63. The molecule has 0 bridgehead atoms. The van der Waals surface area contributed by atoms with Crippen molar-refractivity contribution in [3.8, 4) is 5.75 Å². The lowest BCUT2D eigenvalue weighted by atomic mass is 9.93. The molecule has 0 radical (unpaired) electrons. The molecule has 1 heterocycles. The first-order valence-corrected chi connectivity index (χ1v) is 9.00. The third kappa shape index (κ3) is 6.38. The first-order valence-electron chi connectivity index (χ1n) is 9.00. The van der Waals surface area contributed by atoms with Gasteiger partial charge in [0.25, 0.3) is 5.91 Å². The summed E-state index contributed by atoms with van der Waals surface area (Å²) in [7, 11) is 1.96. The van der Waals surface area contributed by atoms with Crippen LogP contribution < -0.4 is 15.4 Å². The summed E-state index contributed by atoms with van der Waals surface area (Å²) in [6.07, 6.45) is 3.22. The molecule has 2 N–H and O–H groups in total. The number of carbonyl (C=O) groups excluding carboxylic acids is 2. The molecule has 1 unspecified atom stereocenters. The van der Waals surface area contributed by atoms with Crippen LogP contribution in [0.3, 0.4) is 0 Å². The first kappa shape index (κ1) is 19.2. The van der Waals surface area contributed by atoms with E-state index < -0.39 is 6.04 Å². The van der Waals surface area contributed by atoms with E-state index in [-0.39, 0.29) is 18.4 Å². The molecule has 1 fully saturated rings. The highest BCUT2D eigenvalue weighted by Gasteiger charge is 2.26. The van der Waals surface area contributed by atoms with E-state index in [1.807, 2.05) is 30.1 Å². The summed E-state index contributed by atoms with van der Waals surface area (Å²) in [4.78, 5) is 26.3. The van der Waals surface area contributed by atoms with Gasteiger partial charge in [0.1, 0.15) is 11.8 Å². The van der Waals surface area contributed by atoms with Crippen molar-refractivity contribution >= 4 is 11.8 Å². The maximum absolute atomic E-state index is 12.5. The van der Waals surface area contributed by atoms with E-state index in [2.05, 4.69) is 10.6 Å². The van der Waals surface area contributed by atoms with Gasteiger partial charge in [0.15, 0.2) is 6.61 Å². The van der Waals surface area contributed by atoms with Crippen LogP contribution in [0.1, 0.15) is 26.2 Å². The minimum Gasteiger partial charge on any atom is -0.484 e. The second-order valence-corrected chi connectivity index (χ2v) is 6.55. The Morgan fingerprint density at radius 1 is 1.24 bits per heavy atom. The van der Waals surface area contributed by atoms with Gasteiger partial charge >= 0.3 is 0 Å². The van der Waals surface area contributed by atoms with Crippen LogP contribution >= 0.6 is 0 Å². The van der Waals surface area contributed by atoms with Crippen molar-refractivity contribution in [2.75, 3.05) is 33.3 Å². The molecule has 6 heteroatoms. The molecule has 1 saturated heterocycles. The number of piperidine rings is 1. The van der Waals surface area contributed by atoms with E-state index in [1.54, 1.807) is 19.1 Å². The number of likely N-dealkylation sites (tertiary alicyclic amines) is 1. The zero-order chi connectivity index (χ0) is 18.1. The monoisotopic (exact) mass is 347 g/mol. The number of ether oxygens (including phenoxy) is 1. The molecule has 0 aliphatic carbocycles. The number of hydrogen-bond acceptors (Lipinski definition) is 4. The topological polar surface area (TPSA) is 70.7 Å². The van der Waals surface area contributed by atoms with E-state index in [1.165, 1.54) is 0 Å². The van der Waals surface area contributed by atoms with E-state index in [0.717, 1.165) is 38.9 Å². The van der Waals surface area contributed by atoms with Crippen LogP contribution in [0.4, 0.5) is 0 Å². The van der Waals surface area contributed by atoms with E-state index >= 15 is 0 Å². The average Bonchev–Trinajstić information content (AvgIpc) is 2.65. The van der Waals surface area contributed by atoms with Gasteiger partial charge in [-0.1, -0.05) is 18.2 Å². The van der Waals surface area contributed by atoms with E-state index in [4.69, 9.17) is 4.74 Å². The summed E-state index contributed by atoms with van der Waals surface area (Å²) in [5, 5.41) is 5.90. The lowest BCUT2D eigenvalue weighted by Gasteiger charge is -2.33. The summed E-state index contributed by atoms with van der Waals surface area (Å²) in [5.74, 6) is 1.02. The maximum Gasteiger partial charge on any atom is 0.258 e. The number of carbonyl (C=O) groups is 2. The largest absolute Gasteiger partial charge is 0.484 e. The molecule has 6 nitrogen and oxygen atoms in total. The van der Waals surface area contributed by atoms with Crippen molar-refractivity contribution in [1.82, 2.24) is 15.5 Å². The van der Waals surface area contributed by atoms with E-state index in [0.29, 0.717) is 11.7 Å². The Morgan fingerprint density at radius 2 is 1.92 bits per heavy atom. The quantitative estimate of drug-likeness (QED) is 0.746. The predicted molar refractivity (Wildman–Crippen MR) is 97.4 cm³/mol. The van der Waals surface area contributed by atoms with Crippen LogP contribution in [-0.4, -0.2) is 56.0 Å². The fourth-order valence-electron chi connectivity index (χ4n) is 3.07. The highest BCUT2D eigenvalue weighted by Crippen LogP contribution is 2.20. The van der Waals surface area contributed by atoms with E-state index in [9.17, 15) is 9.59 Å². The molecule has 0 spiro atoms. The van der Waals surface area contributed by atoms with Gasteiger partial charge in [-0.15, -0.1) is 0 Å². The van der Waals surface area contributed by atoms with Gasteiger partial charge in [0.2, 0.25) is 5.91 Å².